The van der Waals surface area contributed by atoms with Gasteiger partial charge in [0.2, 0.25) is 5.91 Å². The van der Waals surface area contributed by atoms with Gasteiger partial charge in [-0.1, -0.05) is 6.08 Å². The molecule has 1 saturated carbocycles. The lowest BCUT2D eigenvalue weighted by Crippen LogP contribution is -2.30. The second-order valence-electron chi connectivity index (χ2n) is 3.28. The number of carbonyl (C=O) groups excluding carboxylic acids is 1. The standard InChI is InChI=1S/C9H13NO3/c1-10(6-9(12)13)8(11)5-4-7-2-3-7/h4-5,7H,2-3,6H2,1H3,(H,12,13)/b5-4+. The van der Waals surface area contributed by atoms with Crippen LogP contribution in [-0.4, -0.2) is 35.5 Å². The Hall–Kier alpha value is -1.32. The van der Waals surface area contributed by atoms with Crippen LogP contribution in [0.5, 0.6) is 0 Å². The van der Waals surface area contributed by atoms with Crippen molar-refractivity contribution in [3.63, 3.8) is 0 Å². The molecule has 0 spiro atoms. The summed E-state index contributed by atoms with van der Waals surface area (Å²) in [5, 5.41) is 8.40. The fraction of sp³-hybridized carbons (Fsp3) is 0.556. The largest absolute Gasteiger partial charge is 0.480 e. The maximum Gasteiger partial charge on any atom is 0.323 e. The van der Waals surface area contributed by atoms with Gasteiger partial charge in [0.05, 0.1) is 0 Å². The Bertz CT molecular complexity index is 243. The molecule has 4 nitrogen and oxygen atoms in total. The number of nitrogens with zero attached hydrogens (tertiary/aromatic N) is 1. The lowest BCUT2D eigenvalue weighted by atomic mass is 10.3. The molecule has 4 heteroatoms. The van der Waals surface area contributed by atoms with E-state index in [1.165, 1.54) is 18.0 Å². The van der Waals surface area contributed by atoms with Crippen LogP contribution in [-0.2, 0) is 9.59 Å². The van der Waals surface area contributed by atoms with E-state index >= 15 is 0 Å². The molecule has 0 saturated heterocycles. The molecule has 1 amide bonds. The van der Waals surface area contributed by atoms with E-state index in [0.717, 1.165) is 12.8 Å². The molecule has 0 bridgehead atoms. The minimum Gasteiger partial charge on any atom is -0.480 e. The highest BCUT2D eigenvalue weighted by molar-refractivity contribution is 5.89. The Morgan fingerprint density at radius 2 is 2.15 bits per heavy atom. The monoisotopic (exact) mass is 183 g/mol. The molecule has 0 atom stereocenters. The molecular formula is C9H13NO3. The van der Waals surface area contributed by atoms with Crippen LogP contribution in [0.1, 0.15) is 12.8 Å². The van der Waals surface area contributed by atoms with Crippen LogP contribution in [0.25, 0.3) is 0 Å². The highest BCUT2D eigenvalue weighted by Crippen LogP contribution is 2.29. The van der Waals surface area contributed by atoms with Crippen molar-refractivity contribution in [1.82, 2.24) is 4.90 Å². The van der Waals surface area contributed by atoms with Crippen molar-refractivity contribution in [2.75, 3.05) is 13.6 Å². The lowest BCUT2D eigenvalue weighted by Gasteiger charge is -2.10. The lowest BCUT2D eigenvalue weighted by molar-refractivity contribution is -0.141. The van der Waals surface area contributed by atoms with E-state index in [9.17, 15) is 9.59 Å². The molecular weight excluding hydrogens is 170 g/mol. The molecule has 0 radical (unpaired) electrons. The summed E-state index contributed by atoms with van der Waals surface area (Å²) < 4.78 is 0. The second-order valence-corrected chi connectivity index (χ2v) is 3.28. The quantitative estimate of drug-likeness (QED) is 0.645. The van der Waals surface area contributed by atoms with Gasteiger partial charge in [-0.3, -0.25) is 9.59 Å². The van der Waals surface area contributed by atoms with Gasteiger partial charge < -0.3 is 10.0 Å². The number of carboxylic acids is 1. The van der Waals surface area contributed by atoms with E-state index in [1.54, 1.807) is 0 Å². The summed E-state index contributed by atoms with van der Waals surface area (Å²) in [6.07, 6.45) is 5.60. The number of carboxylic acid groups (broad SMARTS) is 1. The normalized spacial score (nSPS) is 16.1. The van der Waals surface area contributed by atoms with Crippen molar-refractivity contribution in [3.8, 4) is 0 Å². The summed E-state index contributed by atoms with van der Waals surface area (Å²) in [7, 11) is 1.48. The topological polar surface area (TPSA) is 57.6 Å². The van der Waals surface area contributed by atoms with E-state index in [2.05, 4.69) is 0 Å². The molecule has 72 valence electrons. The molecule has 0 aliphatic heterocycles. The zero-order valence-electron chi connectivity index (χ0n) is 7.56. The van der Waals surface area contributed by atoms with Crippen molar-refractivity contribution in [2.45, 2.75) is 12.8 Å². The van der Waals surface area contributed by atoms with Crippen molar-refractivity contribution in [3.05, 3.63) is 12.2 Å². The zero-order chi connectivity index (χ0) is 9.84. The molecule has 0 heterocycles. The van der Waals surface area contributed by atoms with E-state index < -0.39 is 5.97 Å². The molecule has 1 N–H and O–H groups in total. The molecule has 0 unspecified atom stereocenters. The van der Waals surface area contributed by atoms with Crippen LogP contribution in [0.15, 0.2) is 12.2 Å². The van der Waals surface area contributed by atoms with Gasteiger partial charge in [0.25, 0.3) is 0 Å². The molecule has 0 aromatic heterocycles. The van der Waals surface area contributed by atoms with Gasteiger partial charge in [0, 0.05) is 7.05 Å². The van der Waals surface area contributed by atoms with Gasteiger partial charge in [-0.05, 0) is 24.8 Å². The SMILES string of the molecule is CN(CC(=O)O)C(=O)/C=C/C1CC1. The first-order valence-corrected chi connectivity index (χ1v) is 4.24. The van der Waals surface area contributed by atoms with Crippen molar-refractivity contribution >= 4 is 11.9 Å². The maximum atomic E-state index is 11.2. The molecule has 1 aliphatic rings. The van der Waals surface area contributed by atoms with Crippen molar-refractivity contribution in [1.29, 1.82) is 0 Å². The highest BCUT2D eigenvalue weighted by Gasteiger charge is 2.18. The molecule has 0 aromatic rings. The van der Waals surface area contributed by atoms with E-state index in [1.807, 2.05) is 6.08 Å². The van der Waals surface area contributed by atoms with E-state index in [-0.39, 0.29) is 12.5 Å². The number of allylic oxidation sites excluding steroid dienone is 1. The van der Waals surface area contributed by atoms with Crippen LogP contribution in [0.3, 0.4) is 0 Å². The first kappa shape index (κ1) is 9.77. The smallest absolute Gasteiger partial charge is 0.323 e. The minimum atomic E-state index is -0.990. The van der Waals surface area contributed by atoms with Gasteiger partial charge in [-0.15, -0.1) is 0 Å². The highest BCUT2D eigenvalue weighted by atomic mass is 16.4. The number of hydrogen-bond acceptors (Lipinski definition) is 2. The van der Waals surface area contributed by atoms with Gasteiger partial charge in [0.15, 0.2) is 0 Å². The van der Waals surface area contributed by atoms with Crippen LogP contribution >= 0.6 is 0 Å². The maximum absolute atomic E-state index is 11.2. The minimum absolute atomic E-state index is 0.241. The van der Waals surface area contributed by atoms with Gasteiger partial charge in [-0.25, -0.2) is 0 Å². The Kier molecular flexibility index (Phi) is 3.06. The zero-order valence-corrected chi connectivity index (χ0v) is 7.56. The third kappa shape index (κ3) is 3.73. The van der Waals surface area contributed by atoms with Crippen LogP contribution in [0.4, 0.5) is 0 Å². The summed E-state index contributed by atoms with van der Waals surface area (Å²) >= 11 is 0. The summed E-state index contributed by atoms with van der Waals surface area (Å²) in [5.74, 6) is -0.688. The fourth-order valence-corrected chi connectivity index (χ4v) is 0.915. The van der Waals surface area contributed by atoms with Gasteiger partial charge in [0.1, 0.15) is 6.54 Å². The molecule has 13 heavy (non-hydrogen) atoms. The summed E-state index contributed by atoms with van der Waals surface area (Å²) in [6, 6.07) is 0. The number of aliphatic carboxylic acids is 1. The first-order valence-electron chi connectivity index (χ1n) is 4.24. The Morgan fingerprint density at radius 3 is 2.62 bits per heavy atom. The third-order valence-corrected chi connectivity index (χ3v) is 1.88. The number of amides is 1. The van der Waals surface area contributed by atoms with E-state index in [0.29, 0.717) is 5.92 Å². The number of likely N-dealkylation sites (N-methyl/N-ethyl adjacent to an activating group) is 1. The fourth-order valence-electron chi connectivity index (χ4n) is 0.915. The average molecular weight is 183 g/mol. The summed E-state index contributed by atoms with van der Waals surface area (Å²) in [4.78, 5) is 22.6. The van der Waals surface area contributed by atoms with Crippen molar-refractivity contribution < 1.29 is 14.7 Å². The molecule has 1 rings (SSSR count). The van der Waals surface area contributed by atoms with Crippen LogP contribution in [0, 0.1) is 5.92 Å². The Balaban J connectivity index is 2.32. The number of rotatable bonds is 4. The Morgan fingerprint density at radius 1 is 1.54 bits per heavy atom. The first-order chi connectivity index (χ1) is 6.09. The molecule has 0 aromatic carbocycles. The predicted octanol–water partition coefficient (Wildman–Crippen LogP) is 0.496. The van der Waals surface area contributed by atoms with Gasteiger partial charge in [-0.2, -0.15) is 0 Å². The third-order valence-electron chi connectivity index (χ3n) is 1.88. The number of carbonyl (C=O) groups is 2. The Labute approximate surface area is 76.8 Å². The van der Waals surface area contributed by atoms with Crippen LogP contribution < -0.4 is 0 Å². The predicted molar refractivity (Wildman–Crippen MR) is 47.1 cm³/mol. The summed E-state index contributed by atoms with van der Waals surface area (Å²) in [6.45, 7) is -0.242. The summed E-state index contributed by atoms with van der Waals surface area (Å²) in [5.41, 5.74) is 0. The second kappa shape index (κ2) is 4.07. The van der Waals surface area contributed by atoms with Crippen molar-refractivity contribution in [2.24, 2.45) is 5.92 Å². The van der Waals surface area contributed by atoms with Gasteiger partial charge >= 0.3 is 5.97 Å². The van der Waals surface area contributed by atoms with E-state index in [4.69, 9.17) is 5.11 Å². The molecule has 1 fully saturated rings. The molecule has 1 aliphatic carbocycles. The number of hydrogen-bond donors (Lipinski definition) is 1. The average Bonchev–Trinajstić information content (AvgIpc) is 2.81. The van der Waals surface area contributed by atoms with Crippen LogP contribution in [0.2, 0.25) is 0 Å².